The van der Waals surface area contributed by atoms with Crippen LogP contribution in [-0.2, 0) is 13.0 Å². The largest absolute Gasteiger partial charge is 0.294 e. The van der Waals surface area contributed by atoms with E-state index in [1.165, 1.54) is 0 Å². The summed E-state index contributed by atoms with van der Waals surface area (Å²) in [5.41, 5.74) is 2.89. The minimum absolute atomic E-state index is 0.220. The van der Waals surface area contributed by atoms with Gasteiger partial charge >= 0.3 is 0 Å². The standard InChI is InChI=1S/C15H15ClN2O/c16-13-6-2-1-5-11(13)10-18-14-7-3-4-8-15(19)12(14)9-17-18/h1-2,5-6,9H,3-4,7-8,10H2. The maximum atomic E-state index is 12.0. The van der Waals surface area contributed by atoms with Gasteiger partial charge in [-0.2, -0.15) is 5.10 Å². The normalized spacial score (nSPS) is 15.1. The van der Waals surface area contributed by atoms with Gasteiger partial charge in [0.05, 0.1) is 18.3 Å². The molecule has 4 heteroatoms. The third-order valence-electron chi connectivity index (χ3n) is 3.59. The van der Waals surface area contributed by atoms with E-state index in [0.29, 0.717) is 13.0 Å². The van der Waals surface area contributed by atoms with Crippen molar-refractivity contribution in [1.82, 2.24) is 9.78 Å². The second-order valence-corrected chi connectivity index (χ2v) is 5.29. The van der Waals surface area contributed by atoms with Gasteiger partial charge in [0.2, 0.25) is 0 Å². The van der Waals surface area contributed by atoms with Crippen LogP contribution in [-0.4, -0.2) is 15.6 Å². The van der Waals surface area contributed by atoms with Crippen LogP contribution in [0.25, 0.3) is 0 Å². The van der Waals surface area contributed by atoms with Gasteiger partial charge in [0.25, 0.3) is 0 Å². The van der Waals surface area contributed by atoms with Crippen LogP contribution < -0.4 is 0 Å². The Labute approximate surface area is 117 Å². The summed E-state index contributed by atoms with van der Waals surface area (Å²) < 4.78 is 1.92. The van der Waals surface area contributed by atoms with Crippen LogP contribution in [0.15, 0.2) is 30.5 Å². The van der Waals surface area contributed by atoms with E-state index in [0.717, 1.165) is 41.1 Å². The lowest BCUT2D eigenvalue weighted by Gasteiger charge is -2.08. The van der Waals surface area contributed by atoms with E-state index in [1.54, 1.807) is 6.20 Å². The van der Waals surface area contributed by atoms with Gasteiger partial charge in [-0.25, -0.2) is 0 Å². The molecule has 0 amide bonds. The van der Waals surface area contributed by atoms with Crippen molar-refractivity contribution in [3.63, 3.8) is 0 Å². The van der Waals surface area contributed by atoms with E-state index >= 15 is 0 Å². The topological polar surface area (TPSA) is 34.9 Å². The summed E-state index contributed by atoms with van der Waals surface area (Å²) >= 11 is 6.18. The third-order valence-corrected chi connectivity index (χ3v) is 3.96. The van der Waals surface area contributed by atoms with Crippen molar-refractivity contribution >= 4 is 17.4 Å². The summed E-state index contributed by atoms with van der Waals surface area (Å²) in [5.74, 6) is 0.220. The van der Waals surface area contributed by atoms with Crippen LogP contribution in [0.1, 0.15) is 40.9 Å². The number of fused-ring (bicyclic) bond motifs is 1. The maximum Gasteiger partial charge on any atom is 0.166 e. The number of aromatic nitrogens is 2. The molecule has 98 valence electrons. The average molecular weight is 275 g/mol. The van der Waals surface area contributed by atoms with Crippen molar-refractivity contribution in [2.45, 2.75) is 32.2 Å². The molecule has 0 atom stereocenters. The molecule has 0 saturated carbocycles. The van der Waals surface area contributed by atoms with Crippen LogP contribution in [0, 0.1) is 0 Å². The number of halogens is 1. The first-order valence-electron chi connectivity index (χ1n) is 6.57. The molecule has 1 aliphatic rings. The maximum absolute atomic E-state index is 12.0. The molecular formula is C15H15ClN2O. The van der Waals surface area contributed by atoms with Gasteiger partial charge in [-0.1, -0.05) is 29.8 Å². The molecule has 0 saturated heterocycles. The molecule has 1 aromatic carbocycles. The van der Waals surface area contributed by atoms with Crippen LogP contribution in [0.5, 0.6) is 0 Å². The summed E-state index contributed by atoms with van der Waals surface area (Å²) in [6.07, 6.45) is 5.29. The van der Waals surface area contributed by atoms with Gasteiger partial charge in [-0.05, 0) is 30.9 Å². The summed E-state index contributed by atoms with van der Waals surface area (Å²) in [5, 5.41) is 5.11. The molecule has 0 fully saturated rings. The Bertz CT molecular complexity index is 618. The Morgan fingerprint density at radius 3 is 2.84 bits per heavy atom. The van der Waals surface area contributed by atoms with Crippen LogP contribution in [0.4, 0.5) is 0 Å². The van der Waals surface area contributed by atoms with Gasteiger partial charge in [-0.15, -0.1) is 0 Å². The lowest BCUT2D eigenvalue weighted by atomic mass is 10.1. The molecule has 0 unspecified atom stereocenters. The van der Waals surface area contributed by atoms with E-state index in [2.05, 4.69) is 5.10 Å². The smallest absolute Gasteiger partial charge is 0.166 e. The molecule has 0 bridgehead atoms. The van der Waals surface area contributed by atoms with E-state index in [-0.39, 0.29) is 5.78 Å². The molecule has 3 nitrogen and oxygen atoms in total. The van der Waals surface area contributed by atoms with Crippen molar-refractivity contribution in [3.8, 4) is 0 Å². The predicted molar refractivity (Wildman–Crippen MR) is 74.7 cm³/mol. The Balaban J connectivity index is 1.95. The number of hydrogen-bond donors (Lipinski definition) is 0. The second-order valence-electron chi connectivity index (χ2n) is 4.88. The van der Waals surface area contributed by atoms with E-state index in [4.69, 9.17) is 11.6 Å². The number of carbonyl (C=O) groups excluding carboxylic acids is 1. The van der Waals surface area contributed by atoms with Crippen LogP contribution in [0.3, 0.4) is 0 Å². The lowest BCUT2D eigenvalue weighted by Crippen LogP contribution is -2.08. The highest BCUT2D eigenvalue weighted by Crippen LogP contribution is 2.22. The fraction of sp³-hybridized carbons (Fsp3) is 0.333. The Kier molecular flexibility index (Phi) is 3.38. The number of carbonyl (C=O) groups is 1. The molecule has 0 N–H and O–H groups in total. The highest BCUT2D eigenvalue weighted by atomic mass is 35.5. The summed E-state index contributed by atoms with van der Waals surface area (Å²) in [6.45, 7) is 0.627. The summed E-state index contributed by atoms with van der Waals surface area (Å²) in [7, 11) is 0. The fourth-order valence-electron chi connectivity index (χ4n) is 2.54. The molecule has 3 rings (SSSR count). The highest BCUT2D eigenvalue weighted by Gasteiger charge is 2.20. The molecule has 19 heavy (non-hydrogen) atoms. The monoisotopic (exact) mass is 274 g/mol. The number of benzene rings is 1. The van der Waals surface area contributed by atoms with Gasteiger partial charge in [0.1, 0.15) is 0 Å². The number of ketones is 1. The lowest BCUT2D eigenvalue weighted by molar-refractivity contribution is 0.0982. The Hall–Kier alpha value is -1.61. The first kappa shape index (κ1) is 12.4. The molecule has 1 heterocycles. The molecule has 2 aromatic rings. The zero-order valence-corrected chi connectivity index (χ0v) is 11.4. The van der Waals surface area contributed by atoms with Gasteiger partial charge < -0.3 is 0 Å². The minimum Gasteiger partial charge on any atom is -0.294 e. The first-order chi connectivity index (χ1) is 9.25. The zero-order valence-electron chi connectivity index (χ0n) is 10.6. The van der Waals surface area contributed by atoms with Crippen molar-refractivity contribution < 1.29 is 4.79 Å². The SMILES string of the molecule is O=C1CCCCc2c1cnn2Cc1ccccc1Cl. The fourth-order valence-corrected chi connectivity index (χ4v) is 2.74. The van der Waals surface area contributed by atoms with Gasteiger partial charge in [0, 0.05) is 17.1 Å². The Morgan fingerprint density at radius 2 is 2.00 bits per heavy atom. The van der Waals surface area contributed by atoms with Gasteiger partial charge in [-0.3, -0.25) is 9.48 Å². The average Bonchev–Trinajstić information content (AvgIpc) is 2.71. The van der Waals surface area contributed by atoms with Crippen molar-refractivity contribution in [1.29, 1.82) is 0 Å². The number of Topliss-reactive ketones (excluding diaryl/α,β-unsaturated/α-hetero) is 1. The minimum atomic E-state index is 0.220. The third kappa shape index (κ3) is 2.43. The molecule has 0 aliphatic heterocycles. The van der Waals surface area contributed by atoms with Crippen molar-refractivity contribution in [2.24, 2.45) is 0 Å². The zero-order chi connectivity index (χ0) is 13.2. The predicted octanol–water partition coefficient (Wildman–Crippen LogP) is 3.49. The Morgan fingerprint density at radius 1 is 1.21 bits per heavy atom. The van der Waals surface area contributed by atoms with Gasteiger partial charge in [0.15, 0.2) is 5.78 Å². The number of nitrogens with zero attached hydrogens (tertiary/aromatic N) is 2. The molecule has 1 aliphatic carbocycles. The van der Waals surface area contributed by atoms with Crippen molar-refractivity contribution in [3.05, 3.63) is 52.3 Å². The van der Waals surface area contributed by atoms with E-state index in [1.807, 2.05) is 28.9 Å². The molecule has 0 spiro atoms. The molecule has 0 radical (unpaired) electrons. The summed E-state index contributed by atoms with van der Waals surface area (Å²) in [6, 6.07) is 7.76. The number of hydrogen-bond acceptors (Lipinski definition) is 2. The van der Waals surface area contributed by atoms with Crippen LogP contribution >= 0.6 is 11.6 Å². The highest BCUT2D eigenvalue weighted by molar-refractivity contribution is 6.31. The number of rotatable bonds is 2. The van der Waals surface area contributed by atoms with Crippen molar-refractivity contribution in [2.75, 3.05) is 0 Å². The van der Waals surface area contributed by atoms with E-state index < -0.39 is 0 Å². The van der Waals surface area contributed by atoms with E-state index in [9.17, 15) is 4.79 Å². The first-order valence-corrected chi connectivity index (χ1v) is 6.95. The summed E-state index contributed by atoms with van der Waals surface area (Å²) in [4.78, 5) is 12.0. The second kappa shape index (κ2) is 5.17. The quantitative estimate of drug-likeness (QED) is 0.786. The molecular weight excluding hydrogens is 260 g/mol. The molecule has 1 aromatic heterocycles. The van der Waals surface area contributed by atoms with Crippen LogP contribution in [0.2, 0.25) is 5.02 Å².